The van der Waals surface area contributed by atoms with Gasteiger partial charge in [-0.2, -0.15) is 0 Å². The Morgan fingerprint density at radius 2 is 1.95 bits per heavy atom. The SMILES string of the molecule is CCNC(c1ccncc1CC)c1cccc(Cl)c1Cl. The molecule has 0 saturated carbocycles. The highest BCUT2D eigenvalue weighted by Gasteiger charge is 2.19. The molecular weight excluding hydrogens is 291 g/mol. The zero-order valence-electron chi connectivity index (χ0n) is 11.7. The van der Waals surface area contributed by atoms with Gasteiger partial charge in [0.2, 0.25) is 0 Å². The van der Waals surface area contributed by atoms with Gasteiger partial charge in [-0.25, -0.2) is 0 Å². The quantitative estimate of drug-likeness (QED) is 0.869. The summed E-state index contributed by atoms with van der Waals surface area (Å²) in [5.41, 5.74) is 3.42. The third kappa shape index (κ3) is 3.14. The molecule has 0 saturated heterocycles. The molecule has 0 radical (unpaired) electrons. The number of aryl methyl sites for hydroxylation is 1. The number of halogens is 2. The third-order valence-corrected chi connectivity index (χ3v) is 4.17. The maximum Gasteiger partial charge on any atom is 0.0643 e. The number of hydrogen-bond acceptors (Lipinski definition) is 2. The Morgan fingerprint density at radius 3 is 2.65 bits per heavy atom. The highest BCUT2D eigenvalue weighted by molar-refractivity contribution is 6.42. The van der Waals surface area contributed by atoms with Crippen LogP contribution in [0.15, 0.2) is 36.7 Å². The molecule has 0 bridgehead atoms. The average Bonchev–Trinajstić information content (AvgIpc) is 2.48. The van der Waals surface area contributed by atoms with Crippen LogP contribution in [-0.4, -0.2) is 11.5 Å². The van der Waals surface area contributed by atoms with E-state index < -0.39 is 0 Å². The van der Waals surface area contributed by atoms with Gasteiger partial charge in [-0.05, 0) is 41.8 Å². The molecule has 1 aromatic carbocycles. The molecule has 1 unspecified atom stereocenters. The molecule has 106 valence electrons. The zero-order chi connectivity index (χ0) is 14.5. The van der Waals surface area contributed by atoms with E-state index in [4.69, 9.17) is 23.2 Å². The van der Waals surface area contributed by atoms with Crippen molar-refractivity contribution in [3.05, 3.63) is 63.4 Å². The van der Waals surface area contributed by atoms with Crippen molar-refractivity contribution in [2.75, 3.05) is 6.54 Å². The number of rotatable bonds is 5. The predicted molar refractivity (Wildman–Crippen MR) is 85.6 cm³/mol. The summed E-state index contributed by atoms with van der Waals surface area (Å²) in [4.78, 5) is 4.21. The second kappa shape index (κ2) is 7.07. The van der Waals surface area contributed by atoms with Crippen molar-refractivity contribution >= 4 is 23.2 Å². The highest BCUT2D eigenvalue weighted by atomic mass is 35.5. The first-order valence-corrected chi connectivity index (χ1v) is 7.54. The molecule has 0 aliphatic rings. The molecule has 0 aliphatic heterocycles. The van der Waals surface area contributed by atoms with Crippen molar-refractivity contribution in [3.63, 3.8) is 0 Å². The van der Waals surface area contributed by atoms with Crippen LogP contribution in [-0.2, 0) is 6.42 Å². The van der Waals surface area contributed by atoms with E-state index in [0.29, 0.717) is 10.0 Å². The fourth-order valence-electron chi connectivity index (χ4n) is 2.35. The maximum atomic E-state index is 6.38. The van der Waals surface area contributed by atoms with Gasteiger partial charge >= 0.3 is 0 Å². The second-order valence-electron chi connectivity index (χ2n) is 4.56. The zero-order valence-corrected chi connectivity index (χ0v) is 13.2. The first kappa shape index (κ1) is 15.3. The average molecular weight is 309 g/mol. The molecule has 2 aromatic rings. The predicted octanol–water partition coefficient (Wildman–Crippen LogP) is 4.65. The summed E-state index contributed by atoms with van der Waals surface area (Å²) in [7, 11) is 0. The minimum Gasteiger partial charge on any atom is -0.306 e. The molecule has 0 fully saturated rings. The fourth-order valence-corrected chi connectivity index (χ4v) is 2.77. The summed E-state index contributed by atoms with van der Waals surface area (Å²) >= 11 is 12.5. The molecule has 2 nitrogen and oxygen atoms in total. The molecular formula is C16H18Cl2N2. The Morgan fingerprint density at radius 1 is 1.15 bits per heavy atom. The number of hydrogen-bond donors (Lipinski definition) is 1. The van der Waals surface area contributed by atoms with Crippen LogP contribution in [0.5, 0.6) is 0 Å². The van der Waals surface area contributed by atoms with Crippen molar-refractivity contribution in [1.29, 1.82) is 0 Å². The third-order valence-electron chi connectivity index (χ3n) is 3.33. The molecule has 2 rings (SSSR count). The van der Waals surface area contributed by atoms with E-state index in [-0.39, 0.29) is 6.04 Å². The lowest BCUT2D eigenvalue weighted by Gasteiger charge is -2.22. The van der Waals surface area contributed by atoms with Crippen molar-refractivity contribution in [2.24, 2.45) is 0 Å². The van der Waals surface area contributed by atoms with Gasteiger partial charge in [0.15, 0.2) is 0 Å². The Bertz CT molecular complexity index is 584. The van der Waals surface area contributed by atoms with Crippen molar-refractivity contribution in [1.82, 2.24) is 10.3 Å². The van der Waals surface area contributed by atoms with E-state index in [1.807, 2.05) is 36.7 Å². The Kier molecular flexibility index (Phi) is 5.41. The van der Waals surface area contributed by atoms with Gasteiger partial charge in [0.1, 0.15) is 0 Å². The van der Waals surface area contributed by atoms with Crippen LogP contribution in [0.3, 0.4) is 0 Å². The topological polar surface area (TPSA) is 24.9 Å². The minimum atomic E-state index is 0.0316. The molecule has 20 heavy (non-hydrogen) atoms. The molecule has 4 heteroatoms. The van der Waals surface area contributed by atoms with E-state index >= 15 is 0 Å². The molecule has 1 atom stereocenters. The standard InChI is InChI=1S/C16H18Cl2N2/c1-3-11-10-19-9-8-12(11)16(20-4-2)13-6-5-7-14(17)15(13)18/h5-10,16,20H,3-4H2,1-2H3. The molecule has 1 N–H and O–H groups in total. The summed E-state index contributed by atoms with van der Waals surface area (Å²) in [6, 6.07) is 7.83. The minimum absolute atomic E-state index is 0.0316. The van der Waals surface area contributed by atoms with E-state index in [1.54, 1.807) is 0 Å². The molecule has 0 spiro atoms. The monoisotopic (exact) mass is 308 g/mol. The number of nitrogens with one attached hydrogen (secondary N) is 1. The van der Waals surface area contributed by atoms with Crippen LogP contribution in [0.4, 0.5) is 0 Å². The summed E-state index contributed by atoms with van der Waals surface area (Å²) in [6.45, 7) is 5.06. The van der Waals surface area contributed by atoms with E-state index in [1.165, 1.54) is 11.1 Å². The van der Waals surface area contributed by atoms with Gasteiger partial charge < -0.3 is 5.32 Å². The Labute approximate surface area is 130 Å². The largest absolute Gasteiger partial charge is 0.306 e. The highest BCUT2D eigenvalue weighted by Crippen LogP contribution is 2.34. The van der Waals surface area contributed by atoms with Crippen LogP contribution in [0, 0.1) is 0 Å². The van der Waals surface area contributed by atoms with Crippen LogP contribution in [0.1, 0.15) is 36.6 Å². The number of pyridine rings is 1. The van der Waals surface area contributed by atoms with Gasteiger partial charge in [-0.1, -0.05) is 49.2 Å². The smallest absolute Gasteiger partial charge is 0.0643 e. The van der Waals surface area contributed by atoms with Gasteiger partial charge in [0, 0.05) is 12.4 Å². The first-order valence-electron chi connectivity index (χ1n) is 6.79. The van der Waals surface area contributed by atoms with E-state index in [9.17, 15) is 0 Å². The number of nitrogens with zero attached hydrogens (tertiary/aromatic N) is 1. The first-order chi connectivity index (χ1) is 9.69. The van der Waals surface area contributed by atoms with E-state index in [0.717, 1.165) is 18.5 Å². The Balaban J connectivity index is 2.53. The molecule has 0 amide bonds. The number of benzene rings is 1. The summed E-state index contributed by atoms with van der Waals surface area (Å²) < 4.78 is 0. The molecule has 1 heterocycles. The van der Waals surface area contributed by atoms with Crippen LogP contribution >= 0.6 is 23.2 Å². The molecule has 1 aromatic heterocycles. The lowest BCUT2D eigenvalue weighted by atomic mass is 9.94. The Hall–Kier alpha value is -1.09. The van der Waals surface area contributed by atoms with Gasteiger partial charge in [-0.3, -0.25) is 4.98 Å². The normalized spacial score (nSPS) is 12.4. The molecule has 0 aliphatic carbocycles. The summed E-state index contributed by atoms with van der Waals surface area (Å²) in [6.07, 6.45) is 4.67. The van der Waals surface area contributed by atoms with Crippen molar-refractivity contribution < 1.29 is 0 Å². The lowest BCUT2D eigenvalue weighted by molar-refractivity contribution is 0.625. The second-order valence-corrected chi connectivity index (χ2v) is 5.35. The maximum absolute atomic E-state index is 6.38. The van der Waals surface area contributed by atoms with Gasteiger partial charge in [0.25, 0.3) is 0 Å². The van der Waals surface area contributed by atoms with Crippen LogP contribution < -0.4 is 5.32 Å². The van der Waals surface area contributed by atoms with E-state index in [2.05, 4.69) is 24.1 Å². The van der Waals surface area contributed by atoms with Crippen molar-refractivity contribution in [2.45, 2.75) is 26.3 Å². The van der Waals surface area contributed by atoms with Crippen LogP contribution in [0.25, 0.3) is 0 Å². The fraction of sp³-hybridized carbons (Fsp3) is 0.312. The van der Waals surface area contributed by atoms with Crippen LogP contribution in [0.2, 0.25) is 10.0 Å². The lowest BCUT2D eigenvalue weighted by Crippen LogP contribution is -2.23. The number of aromatic nitrogens is 1. The summed E-state index contributed by atoms with van der Waals surface area (Å²) in [5, 5.41) is 4.68. The van der Waals surface area contributed by atoms with Gasteiger partial charge in [-0.15, -0.1) is 0 Å². The van der Waals surface area contributed by atoms with Gasteiger partial charge in [0.05, 0.1) is 16.1 Å². The van der Waals surface area contributed by atoms with Crippen molar-refractivity contribution in [3.8, 4) is 0 Å². The summed E-state index contributed by atoms with van der Waals surface area (Å²) in [5.74, 6) is 0.